The van der Waals surface area contributed by atoms with Gasteiger partial charge >= 0.3 is 0 Å². The van der Waals surface area contributed by atoms with E-state index in [0.29, 0.717) is 0 Å². The van der Waals surface area contributed by atoms with Crippen molar-refractivity contribution in [1.29, 1.82) is 0 Å². The van der Waals surface area contributed by atoms with Crippen molar-refractivity contribution in [3.63, 3.8) is 0 Å². The molecule has 5 heteroatoms. The monoisotopic (exact) mass is 180 g/mol. The Balaban J connectivity index is 0.000000845. The van der Waals surface area contributed by atoms with Crippen LogP contribution in [0.4, 0.5) is 0 Å². The molecule has 0 fully saturated rings. The smallest absolute Gasteiger partial charge is 0.285 e. The van der Waals surface area contributed by atoms with E-state index >= 15 is 0 Å². The first-order valence-electron chi connectivity index (χ1n) is 3.38. The van der Waals surface area contributed by atoms with E-state index in [-0.39, 0.29) is 22.3 Å². The number of carbonyl (C=O) groups excluding carboxylic acids is 2. The average molecular weight is 180 g/mol. The molecule has 0 radical (unpaired) electrons. The Morgan fingerprint density at radius 1 is 1.00 bits per heavy atom. The first-order chi connectivity index (χ1) is 5.72. The number of fused-ring (bicyclic) bond motifs is 1. The molecule has 1 aliphatic heterocycles. The van der Waals surface area contributed by atoms with Gasteiger partial charge in [-0.2, -0.15) is 0 Å². The van der Waals surface area contributed by atoms with E-state index in [9.17, 15) is 9.59 Å². The lowest BCUT2D eigenvalue weighted by molar-refractivity contribution is -0.0327. The minimum atomic E-state index is -0.657. The summed E-state index contributed by atoms with van der Waals surface area (Å²) < 4.78 is 0. The molecule has 0 saturated carbocycles. The summed E-state index contributed by atoms with van der Waals surface area (Å²) in [5.74, 6) is -1.31. The minimum absolute atomic E-state index is 0. The molecule has 2 amide bonds. The number of imide groups is 1. The van der Waals surface area contributed by atoms with E-state index in [1.54, 1.807) is 12.1 Å². The number of amides is 2. The van der Waals surface area contributed by atoms with Gasteiger partial charge in [-0.3, -0.25) is 14.8 Å². The minimum Gasteiger partial charge on any atom is -0.344 e. The van der Waals surface area contributed by atoms with E-state index in [2.05, 4.69) is 0 Å². The SMILES string of the molecule is N.O=C1c2ccccc2C(=O)N1O. The van der Waals surface area contributed by atoms with Crippen LogP contribution in [-0.2, 0) is 0 Å². The van der Waals surface area contributed by atoms with E-state index in [0.717, 1.165) is 0 Å². The molecule has 0 bridgehead atoms. The van der Waals surface area contributed by atoms with Crippen LogP contribution in [0.5, 0.6) is 0 Å². The highest BCUT2D eigenvalue weighted by atomic mass is 16.5. The maximum absolute atomic E-state index is 11.1. The van der Waals surface area contributed by atoms with Gasteiger partial charge in [0.2, 0.25) is 0 Å². The van der Waals surface area contributed by atoms with Crippen molar-refractivity contribution < 1.29 is 14.8 Å². The van der Waals surface area contributed by atoms with Gasteiger partial charge in [0.1, 0.15) is 0 Å². The second kappa shape index (κ2) is 2.96. The van der Waals surface area contributed by atoms with Gasteiger partial charge in [-0.05, 0) is 12.1 Å². The molecule has 0 atom stereocenters. The van der Waals surface area contributed by atoms with Crippen LogP contribution in [0.2, 0.25) is 0 Å². The zero-order valence-electron chi connectivity index (χ0n) is 6.73. The van der Waals surface area contributed by atoms with Gasteiger partial charge in [0.05, 0.1) is 11.1 Å². The maximum Gasteiger partial charge on any atom is 0.285 e. The van der Waals surface area contributed by atoms with Crippen molar-refractivity contribution in [2.24, 2.45) is 0 Å². The predicted molar refractivity (Wildman–Crippen MR) is 43.8 cm³/mol. The number of nitrogens with zero attached hydrogens (tertiary/aromatic N) is 1. The van der Waals surface area contributed by atoms with E-state index in [4.69, 9.17) is 5.21 Å². The Morgan fingerprint density at radius 3 is 1.77 bits per heavy atom. The number of rotatable bonds is 0. The number of hydrogen-bond acceptors (Lipinski definition) is 4. The number of benzene rings is 1. The lowest BCUT2D eigenvalue weighted by Gasteiger charge is -1.99. The highest BCUT2D eigenvalue weighted by molar-refractivity contribution is 6.20. The van der Waals surface area contributed by atoms with Crippen molar-refractivity contribution in [2.75, 3.05) is 0 Å². The van der Waals surface area contributed by atoms with E-state index in [1.165, 1.54) is 12.1 Å². The Morgan fingerprint density at radius 2 is 1.38 bits per heavy atom. The average Bonchev–Trinajstić information content (AvgIpc) is 2.33. The lowest BCUT2D eigenvalue weighted by atomic mass is 10.1. The Hall–Kier alpha value is -1.72. The van der Waals surface area contributed by atoms with Crippen LogP contribution in [0.15, 0.2) is 24.3 Å². The summed E-state index contributed by atoms with van der Waals surface area (Å²) in [5, 5.41) is 9.05. The van der Waals surface area contributed by atoms with Crippen LogP contribution in [0.1, 0.15) is 20.7 Å². The largest absolute Gasteiger partial charge is 0.344 e. The molecule has 5 nitrogen and oxygen atoms in total. The molecule has 0 aromatic heterocycles. The van der Waals surface area contributed by atoms with E-state index in [1.807, 2.05) is 0 Å². The van der Waals surface area contributed by atoms with Crippen LogP contribution >= 0.6 is 0 Å². The van der Waals surface area contributed by atoms with Crippen LogP contribution in [-0.4, -0.2) is 22.1 Å². The van der Waals surface area contributed by atoms with Gasteiger partial charge in [-0.15, -0.1) is 5.06 Å². The van der Waals surface area contributed by atoms with Gasteiger partial charge in [-0.1, -0.05) is 12.1 Å². The molecule has 0 spiro atoms. The molecule has 1 aromatic rings. The quantitative estimate of drug-likeness (QED) is 0.457. The maximum atomic E-state index is 11.1. The van der Waals surface area contributed by atoms with Gasteiger partial charge in [0.15, 0.2) is 0 Å². The van der Waals surface area contributed by atoms with Gasteiger partial charge < -0.3 is 6.15 Å². The molecule has 0 saturated heterocycles. The zero-order valence-corrected chi connectivity index (χ0v) is 6.73. The number of hydroxylamine groups is 2. The molecular formula is C8H8N2O3. The van der Waals surface area contributed by atoms with Gasteiger partial charge in [-0.25, -0.2) is 0 Å². The van der Waals surface area contributed by atoms with Gasteiger partial charge in [0.25, 0.3) is 11.8 Å². The lowest BCUT2D eigenvalue weighted by Crippen LogP contribution is -2.25. The van der Waals surface area contributed by atoms with Crippen molar-refractivity contribution in [3.8, 4) is 0 Å². The fourth-order valence-corrected chi connectivity index (χ4v) is 1.18. The van der Waals surface area contributed by atoms with E-state index < -0.39 is 11.8 Å². The molecule has 1 aliphatic rings. The molecule has 4 N–H and O–H groups in total. The fourth-order valence-electron chi connectivity index (χ4n) is 1.18. The highest BCUT2D eigenvalue weighted by Crippen LogP contribution is 2.19. The molecule has 2 rings (SSSR count). The van der Waals surface area contributed by atoms with Gasteiger partial charge in [0, 0.05) is 0 Å². The molecule has 68 valence electrons. The van der Waals surface area contributed by atoms with Crippen molar-refractivity contribution in [2.45, 2.75) is 0 Å². The normalized spacial score (nSPS) is 14.1. The summed E-state index contributed by atoms with van der Waals surface area (Å²) >= 11 is 0. The second-order valence-corrected chi connectivity index (χ2v) is 2.47. The third kappa shape index (κ3) is 1.10. The van der Waals surface area contributed by atoms with Crippen molar-refractivity contribution in [3.05, 3.63) is 35.4 Å². The summed E-state index contributed by atoms with van der Waals surface area (Å²) in [5.41, 5.74) is 0.509. The Bertz CT molecular complexity index is 340. The topological polar surface area (TPSA) is 92.6 Å². The van der Waals surface area contributed by atoms with Crippen LogP contribution in [0.25, 0.3) is 0 Å². The third-order valence-corrected chi connectivity index (χ3v) is 1.77. The third-order valence-electron chi connectivity index (χ3n) is 1.77. The summed E-state index contributed by atoms with van der Waals surface area (Å²) in [7, 11) is 0. The summed E-state index contributed by atoms with van der Waals surface area (Å²) in [6.07, 6.45) is 0. The summed E-state index contributed by atoms with van der Waals surface area (Å²) in [6.45, 7) is 0. The summed E-state index contributed by atoms with van der Waals surface area (Å²) in [4.78, 5) is 22.1. The standard InChI is InChI=1S/C8H5NO3.H3N/c10-7-5-3-1-2-4-6(5)8(11)9(7)12;/h1-4,12H;1H3. The zero-order chi connectivity index (χ0) is 8.72. The molecule has 1 heterocycles. The number of carbonyl (C=O) groups is 2. The molecule has 0 aliphatic carbocycles. The Labute approximate surface area is 74.1 Å². The van der Waals surface area contributed by atoms with Crippen molar-refractivity contribution >= 4 is 11.8 Å². The second-order valence-electron chi connectivity index (χ2n) is 2.47. The predicted octanol–water partition coefficient (Wildman–Crippen LogP) is 0.834. The first-order valence-corrected chi connectivity index (χ1v) is 3.38. The Kier molecular flexibility index (Phi) is 2.14. The van der Waals surface area contributed by atoms with Crippen LogP contribution in [0, 0.1) is 0 Å². The first kappa shape index (κ1) is 9.37. The van der Waals surface area contributed by atoms with Crippen molar-refractivity contribution in [1.82, 2.24) is 11.2 Å². The molecule has 0 unspecified atom stereocenters. The van der Waals surface area contributed by atoms with Crippen LogP contribution in [0.3, 0.4) is 0 Å². The number of hydrogen-bond donors (Lipinski definition) is 2. The molecule has 13 heavy (non-hydrogen) atoms. The highest BCUT2D eigenvalue weighted by Gasteiger charge is 2.33. The fraction of sp³-hybridized carbons (Fsp3) is 0. The van der Waals surface area contributed by atoms with Crippen LogP contribution < -0.4 is 6.15 Å². The molecular weight excluding hydrogens is 172 g/mol. The molecule has 1 aromatic carbocycles. The summed E-state index contributed by atoms with van der Waals surface area (Å²) in [6, 6.07) is 6.30.